The van der Waals surface area contributed by atoms with Crippen LogP contribution in [0.15, 0.2) is 30.6 Å². The maximum absolute atomic E-state index is 4.68. The molecule has 3 heteroatoms. The monoisotopic (exact) mass is 229 g/mol. The van der Waals surface area contributed by atoms with Gasteiger partial charge in [-0.3, -0.25) is 0 Å². The number of imidazole rings is 1. The van der Waals surface area contributed by atoms with Gasteiger partial charge in [0.05, 0.1) is 5.69 Å². The molecule has 1 fully saturated rings. The summed E-state index contributed by atoms with van der Waals surface area (Å²) in [6, 6.07) is 6.16. The molecular weight excluding hydrogens is 210 g/mol. The van der Waals surface area contributed by atoms with Crippen molar-refractivity contribution >= 4 is 5.65 Å². The predicted octanol–water partition coefficient (Wildman–Crippen LogP) is 2.22. The number of piperidine rings is 1. The summed E-state index contributed by atoms with van der Waals surface area (Å²) in [4.78, 5) is 7.11. The second-order valence-electron chi connectivity index (χ2n) is 5.17. The van der Waals surface area contributed by atoms with Gasteiger partial charge in [0, 0.05) is 18.9 Å². The van der Waals surface area contributed by atoms with E-state index < -0.39 is 0 Å². The highest BCUT2D eigenvalue weighted by Gasteiger charge is 2.18. The number of aromatic nitrogens is 2. The molecule has 1 saturated heterocycles. The molecule has 1 aliphatic rings. The van der Waals surface area contributed by atoms with E-state index in [0.717, 1.165) is 18.0 Å². The zero-order chi connectivity index (χ0) is 11.7. The number of likely N-dealkylation sites (tertiary alicyclic amines) is 1. The summed E-state index contributed by atoms with van der Waals surface area (Å²) in [5, 5.41) is 0. The Bertz CT molecular complexity index is 470. The van der Waals surface area contributed by atoms with E-state index >= 15 is 0 Å². The number of fused-ring (bicyclic) bond motifs is 1. The largest absolute Gasteiger partial charge is 0.307 e. The van der Waals surface area contributed by atoms with Crippen LogP contribution in [0.2, 0.25) is 0 Å². The first-order chi connectivity index (χ1) is 8.31. The lowest BCUT2D eigenvalue weighted by atomic mass is 9.94. The van der Waals surface area contributed by atoms with Crippen molar-refractivity contribution in [1.29, 1.82) is 0 Å². The smallest absolute Gasteiger partial charge is 0.136 e. The van der Waals surface area contributed by atoms with Crippen LogP contribution < -0.4 is 0 Å². The van der Waals surface area contributed by atoms with Crippen LogP contribution in [0.3, 0.4) is 0 Å². The molecule has 0 aromatic carbocycles. The van der Waals surface area contributed by atoms with Crippen molar-refractivity contribution in [2.45, 2.75) is 19.3 Å². The molecule has 2 aromatic rings. The van der Waals surface area contributed by atoms with E-state index in [1.807, 2.05) is 12.1 Å². The number of pyridine rings is 1. The van der Waals surface area contributed by atoms with Crippen LogP contribution in [0.25, 0.3) is 5.65 Å². The predicted molar refractivity (Wildman–Crippen MR) is 69.1 cm³/mol. The fourth-order valence-corrected chi connectivity index (χ4v) is 2.82. The van der Waals surface area contributed by atoms with Gasteiger partial charge in [-0.25, -0.2) is 4.98 Å². The molecule has 17 heavy (non-hydrogen) atoms. The molecule has 1 atom stereocenters. The number of nitrogens with zero attached hydrogens (tertiary/aromatic N) is 3. The third kappa shape index (κ3) is 2.34. The molecule has 1 unspecified atom stereocenters. The summed E-state index contributed by atoms with van der Waals surface area (Å²) in [7, 11) is 2.22. The lowest BCUT2D eigenvalue weighted by molar-refractivity contribution is 0.208. The van der Waals surface area contributed by atoms with Crippen LogP contribution in [-0.4, -0.2) is 34.4 Å². The molecule has 0 radical (unpaired) electrons. The van der Waals surface area contributed by atoms with Gasteiger partial charge in [-0.1, -0.05) is 6.07 Å². The van der Waals surface area contributed by atoms with Gasteiger partial charge in [0.25, 0.3) is 0 Å². The lowest BCUT2D eigenvalue weighted by Gasteiger charge is -2.29. The van der Waals surface area contributed by atoms with Gasteiger partial charge in [-0.05, 0) is 50.9 Å². The van der Waals surface area contributed by atoms with E-state index in [4.69, 9.17) is 0 Å². The molecule has 3 heterocycles. The molecule has 1 aliphatic heterocycles. The second kappa shape index (κ2) is 4.49. The van der Waals surface area contributed by atoms with Crippen molar-refractivity contribution in [3.63, 3.8) is 0 Å². The van der Waals surface area contributed by atoms with Gasteiger partial charge < -0.3 is 9.30 Å². The molecule has 0 N–H and O–H groups in total. The van der Waals surface area contributed by atoms with Gasteiger partial charge in [0.15, 0.2) is 0 Å². The molecule has 0 amide bonds. The molecule has 0 saturated carbocycles. The molecule has 3 rings (SSSR count). The van der Waals surface area contributed by atoms with Crippen molar-refractivity contribution in [3.05, 3.63) is 36.3 Å². The van der Waals surface area contributed by atoms with Crippen molar-refractivity contribution in [2.24, 2.45) is 5.92 Å². The standard InChI is InChI=1S/C14H19N3/c1-16-7-4-5-12(10-16)9-13-11-17-8-3-2-6-14(17)15-13/h2-3,6,8,11-12H,4-5,7,9-10H2,1H3. The fourth-order valence-electron chi connectivity index (χ4n) is 2.82. The highest BCUT2D eigenvalue weighted by atomic mass is 15.1. The highest BCUT2D eigenvalue weighted by Crippen LogP contribution is 2.19. The summed E-state index contributed by atoms with van der Waals surface area (Å²) in [6.07, 6.45) is 8.03. The second-order valence-corrected chi connectivity index (χ2v) is 5.17. The van der Waals surface area contributed by atoms with Gasteiger partial charge in [0.1, 0.15) is 5.65 Å². The van der Waals surface area contributed by atoms with Gasteiger partial charge >= 0.3 is 0 Å². The minimum absolute atomic E-state index is 0.777. The van der Waals surface area contributed by atoms with E-state index in [-0.39, 0.29) is 0 Å². The summed E-state index contributed by atoms with van der Waals surface area (Å²) in [6.45, 7) is 2.47. The van der Waals surface area contributed by atoms with Gasteiger partial charge in [0.2, 0.25) is 0 Å². The number of hydrogen-bond acceptors (Lipinski definition) is 2. The molecule has 2 aromatic heterocycles. The summed E-state index contributed by atoms with van der Waals surface area (Å²) in [5.74, 6) is 0.777. The van der Waals surface area contributed by atoms with E-state index in [0.29, 0.717) is 0 Å². The van der Waals surface area contributed by atoms with Crippen LogP contribution >= 0.6 is 0 Å². The van der Waals surface area contributed by atoms with Crippen molar-refractivity contribution in [2.75, 3.05) is 20.1 Å². The summed E-state index contributed by atoms with van der Waals surface area (Å²) < 4.78 is 2.11. The highest BCUT2D eigenvalue weighted by molar-refractivity contribution is 5.39. The molecular formula is C14H19N3. The maximum atomic E-state index is 4.68. The number of rotatable bonds is 2. The van der Waals surface area contributed by atoms with Crippen LogP contribution in [0.5, 0.6) is 0 Å². The Morgan fingerprint density at radius 2 is 2.35 bits per heavy atom. The molecule has 90 valence electrons. The first-order valence-electron chi connectivity index (χ1n) is 6.42. The molecule has 0 spiro atoms. The quantitative estimate of drug-likeness (QED) is 0.787. The van der Waals surface area contributed by atoms with Crippen LogP contribution in [0, 0.1) is 5.92 Å². The van der Waals surface area contributed by atoms with E-state index in [9.17, 15) is 0 Å². The van der Waals surface area contributed by atoms with Crippen molar-refractivity contribution < 1.29 is 0 Å². The van der Waals surface area contributed by atoms with Gasteiger partial charge in [-0.15, -0.1) is 0 Å². The Balaban J connectivity index is 1.75. The average molecular weight is 229 g/mol. The van der Waals surface area contributed by atoms with Crippen molar-refractivity contribution in [1.82, 2.24) is 14.3 Å². The summed E-state index contributed by atoms with van der Waals surface area (Å²) in [5.41, 5.74) is 2.29. The van der Waals surface area contributed by atoms with Crippen LogP contribution in [0.4, 0.5) is 0 Å². The zero-order valence-electron chi connectivity index (χ0n) is 10.3. The zero-order valence-corrected chi connectivity index (χ0v) is 10.3. The Labute approximate surface area is 102 Å². The Hall–Kier alpha value is -1.35. The Kier molecular flexibility index (Phi) is 2.85. The average Bonchev–Trinajstić information content (AvgIpc) is 2.71. The Morgan fingerprint density at radius 3 is 3.18 bits per heavy atom. The SMILES string of the molecule is CN1CCCC(Cc2cn3ccccc3n2)C1. The number of hydrogen-bond donors (Lipinski definition) is 0. The minimum Gasteiger partial charge on any atom is -0.307 e. The van der Waals surface area contributed by atoms with Crippen molar-refractivity contribution in [3.8, 4) is 0 Å². The maximum Gasteiger partial charge on any atom is 0.136 e. The minimum atomic E-state index is 0.777. The third-order valence-corrected chi connectivity index (χ3v) is 3.63. The molecule has 0 aliphatic carbocycles. The van der Waals surface area contributed by atoms with E-state index in [2.05, 4.69) is 39.8 Å². The fraction of sp³-hybridized carbons (Fsp3) is 0.500. The van der Waals surface area contributed by atoms with Crippen LogP contribution in [-0.2, 0) is 6.42 Å². The van der Waals surface area contributed by atoms with E-state index in [1.165, 1.54) is 31.6 Å². The van der Waals surface area contributed by atoms with Gasteiger partial charge in [-0.2, -0.15) is 0 Å². The van der Waals surface area contributed by atoms with E-state index in [1.54, 1.807) is 0 Å². The third-order valence-electron chi connectivity index (χ3n) is 3.63. The molecule has 3 nitrogen and oxygen atoms in total. The Morgan fingerprint density at radius 1 is 1.41 bits per heavy atom. The topological polar surface area (TPSA) is 20.5 Å². The first kappa shape index (κ1) is 10.8. The normalized spacial score (nSPS) is 22.1. The lowest BCUT2D eigenvalue weighted by Crippen LogP contribution is -2.33. The summed E-state index contributed by atoms with van der Waals surface area (Å²) >= 11 is 0. The molecule has 0 bridgehead atoms. The van der Waals surface area contributed by atoms with Crippen LogP contribution in [0.1, 0.15) is 18.5 Å². The first-order valence-corrected chi connectivity index (χ1v) is 6.42.